The SMILES string of the molecule is FC(F)(F)Oc1ccc(NCC2CCCCC2)cc1Br. The van der Waals surface area contributed by atoms with E-state index in [1.54, 1.807) is 12.1 Å². The third kappa shape index (κ3) is 4.89. The molecule has 1 aromatic rings. The molecule has 1 fully saturated rings. The molecule has 0 unspecified atom stereocenters. The van der Waals surface area contributed by atoms with Crippen LogP contribution in [-0.4, -0.2) is 12.9 Å². The Morgan fingerprint density at radius 2 is 1.90 bits per heavy atom. The zero-order valence-corrected chi connectivity index (χ0v) is 12.6. The van der Waals surface area contributed by atoms with Gasteiger partial charge in [-0.2, -0.15) is 0 Å². The highest BCUT2D eigenvalue weighted by atomic mass is 79.9. The molecule has 0 spiro atoms. The number of anilines is 1. The van der Waals surface area contributed by atoms with E-state index in [2.05, 4.69) is 26.0 Å². The molecule has 20 heavy (non-hydrogen) atoms. The van der Waals surface area contributed by atoms with Gasteiger partial charge in [0.1, 0.15) is 5.75 Å². The van der Waals surface area contributed by atoms with Crippen molar-refractivity contribution in [2.75, 3.05) is 11.9 Å². The molecular weight excluding hydrogens is 335 g/mol. The highest BCUT2D eigenvalue weighted by Crippen LogP contribution is 2.33. The third-order valence-electron chi connectivity index (χ3n) is 3.48. The first-order valence-corrected chi connectivity index (χ1v) is 7.52. The number of ether oxygens (including phenoxy) is 1. The van der Waals surface area contributed by atoms with Gasteiger partial charge in [0.25, 0.3) is 0 Å². The van der Waals surface area contributed by atoms with E-state index in [9.17, 15) is 13.2 Å². The van der Waals surface area contributed by atoms with Gasteiger partial charge in [0.15, 0.2) is 0 Å². The highest BCUT2D eigenvalue weighted by molar-refractivity contribution is 9.10. The molecule has 1 aliphatic carbocycles. The van der Waals surface area contributed by atoms with Crippen LogP contribution >= 0.6 is 15.9 Å². The standard InChI is InChI=1S/C14H17BrF3NO/c15-12-8-11(6-7-13(12)20-14(16,17)18)19-9-10-4-2-1-3-5-10/h6-8,10,19H,1-5,9H2. The molecule has 2 nitrogen and oxygen atoms in total. The summed E-state index contributed by atoms with van der Waals surface area (Å²) < 4.78 is 40.7. The lowest BCUT2D eigenvalue weighted by molar-refractivity contribution is -0.274. The number of benzene rings is 1. The maximum atomic E-state index is 12.2. The Hall–Kier alpha value is -0.910. The predicted molar refractivity (Wildman–Crippen MR) is 75.9 cm³/mol. The average molecular weight is 352 g/mol. The second-order valence-corrected chi connectivity index (χ2v) is 5.93. The van der Waals surface area contributed by atoms with Crippen LogP contribution in [0.15, 0.2) is 22.7 Å². The summed E-state index contributed by atoms with van der Waals surface area (Å²) >= 11 is 3.10. The van der Waals surface area contributed by atoms with Gasteiger partial charge in [-0.05, 0) is 52.9 Å². The number of halogens is 4. The second kappa shape index (κ2) is 6.70. The predicted octanol–water partition coefficient (Wildman–Crippen LogP) is 5.34. The van der Waals surface area contributed by atoms with Gasteiger partial charge >= 0.3 is 6.36 Å². The molecule has 2 rings (SSSR count). The lowest BCUT2D eigenvalue weighted by Gasteiger charge is -2.22. The van der Waals surface area contributed by atoms with Crippen LogP contribution in [0, 0.1) is 5.92 Å². The Kier molecular flexibility index (Phi) is 5.18. The average Bonchev–Trinajstić information content (AvgIpc) is 2.39. The highest BCUT2D eigenvalue weighted by Gasteiger charge is 2.31. The zero-order chi connectivity index (χ0) is 14.6. The molecule has 0 bridgehead atoms. The summed E-state index contributed by atoms with van der Waals surface area (Å²) in [4.78, 5) is 0. The summed E-state index contributed by atoms with van der Waals surface area (Å²) in [6.07, 6.45) is 1.64. The van der Waals surface area contributed by atoms with Crippen molar-refractivity contribution in [3.8, 4) is 5.75 Å². The summed E-state index contributed by atoms with van der Waals surface area (Å²) in [6, 6.07) is 4.54. The van der Waals surface area contributed by atoms with E-state index in [-0.39, 0.29) is 5.75 Å². The van der Waals surface area contributed by atoms with Crippen LogP contribution in [0.3, 0.4) is 0 Å². The van der Waals surface area contributed by atoms with Crippen molar-refractivity contribution in [2.24, 2.45) is 5.92 Å². The maximum Gasteiger partial charge on any atom is 0.573 e. The van der Waals surface area contributed by atoms with Crippen LogP contribution in [-0.2, 0) is 0 Å². The Morgan fingerprint density at radius 3 is 2.50 bits per heavy atom. The van der Waals surface area contributed by atoms with Crippen LogP contribution in [0.4, 0.5) is 18.9 Å². The summed E-state index contributed by atoms with van der Waals surface area (Å²) in [7, 11) is 0. The van der Waals surface area contributed by atoms with Crippen molar-refractivity contribution < 1.29 is 17.9 Å². The summed E-state index contributed by atoms with van der Waals surface area (Å²) in [5.41, 5.74) is 0.803. The topological polar surface area (TPSA) is 21.3 Å². The van der Waals surface area contributed by atoms with Gasteiger partial charge in [0.05, 0.1) is 4.47 Å². The lowest BCUT2D eigenvalue weighted by atomic mass is 9.89. The van der Waals surface area contributed by atoms with Gasteiger partial charge in [0, 0.05) is 12.2 Å². The molecule has 0 aliphatic heterocycles. The molecule has 0 amide bonds. The van der Waals surface area contributed by atoms with Crippen molar-refractivity contribution in [2.45, 2.75) is 38.5 Å². The largest absolute Gasteiger partial charge is 0.573 e. The minimum Gasteiger partial charge on any atom is -0.405 e. The smallest absolute Gasteiger partial charge is 0.405 e. The van der Waals surface area contributed by atoms with Gasteiger partial charge in [-0.1, -0.05) is 19.3 Å². The Bertz CT molecular complexity index is 445. The molecule has 112 valence electrons. The zero-order valence-electron chi connectivity index (χ0n) is 11.0. The van der Waals surface area contributed by atoms with Gasteiger partial charge in [0.2, 0.25) is 0 Å². The van der Waals surface area contributed by atoms with E-state index < -0.39 is 6.36 Å². The van der Waals surface area contributed by atoms with Crippen LogP contribution < -0.4 is 10.1 Å². The summed E-state index contributed by atoms with van der Waals surface area (Å²) in [5.74, 6) is 0.439. The van der Waals surface area contributed by atoms with Crippen LogP contribution in [0.5, 0.6) is 5.75 Å². The van der Waals surface area contributed by atoms with E-state index in [1.165, 1.54) is 38.2 Å². The quantitative estimate of drug-likeness (QED) is 0.790. The van der Waals surface area contributed by atoms with Gasteiger partial charge < -0.3 is 10.1 Å². The molecule has 1 saturated carbocycles. The monoisotopic (exact) mass is 351 g/mol. The Morgan fingerprint density at radius 1 is 1.20 bits per heavy atom. The lowest BCUT2D eigenvalue weighted by Crippen LogP contribution is -2.18. The molecule has 0 aromatic heterocycles. The maximum absolute atomic E-state index is 12.2. The molecule has 0 radical (unpaired) electrons. The summed E-state index contributed by atoms with van der Waals surface area (Å²) in [5, 5.41) is 3.28. The fourth-order valence-corrected chi connectivity index (χ4v) is 2.93. The molecule has 1 aliphatic rings. The molecule has 0 atom stereocenters. The molecule has 0 saturated heterocycles. The number of hydrogen-bond donors (Lipinski definition) is 1. The van der Waals surface area contributed by atoms with Gasteiger partial charge in [-0.25, -0.2) is 0 Å². The third-order valence-corrected chi connectivity index (χ3v) is 4.10. The normalized spacial score (nSPS) is 17.0. The van der Waals surface area contributed by atoms with Crippen molar-refractivity contribution in [3.63, 3.8) is 0 Å². The van der Waals surface area contributed by atoms with E-state index in [4.69, 9.17) is 0 Å². The van der Waals surface area contributed by atoms with Crippen LogP contribution in [0.25, 0.3) is 0 Å². The molecule has 1 N–H and O–H groups in total. The molecule has 1 aromatic carbocycles. The van der Waals surface area contributed by atoms with Crippen molar-refractivity contribution in [1.82, 2.24) is 0 Å². The van der Waals surface area contributed by atoms with Crippen LogP contribution in [0.1, 0.15) is 32.1 Å². The first kappa shape index (κ1) is 15.5. The minimum atomic E-state index is -4.67. The van der Waals surface area contributed by atoms with E-state index in [1.807, 2.05) is 0 Å². The molecule has 6 heteroatoms. The number of alkyl halides is 3. The number of nitrogens with one attached hydrogen (secondary N) is 1. The summed E-state index contributed by atoms with van der Waals surface area (Å²) in [6.45, 7) is 0.867. The van der Waals surface area contributed by atoms with Crippen molar-refractivity contribution in [3.05, 3.63) is 22.7 Å². The van der Waals surface area contributed by atoms with E-state index in [0.717, 1.165) is 12.2 Å². The van der Waals surface area contributed by atoms with Gasteiger partial charge in [-0.15, -0.1) is 13.2 Å². The van der Waals surface area contributed by atoms with Crippen molar-refractivity contribution in [1.29, 1.82) is 0 Å². The van der Waals surface area contributed by atoms with Gasteiger partial charge in [-0.3, -0.25) is 0 Å². The fraction of sp³-hybridized carbons (Fsp3) is 0.571. The first-order valence-electron chi connectivity index (χ1n) is 6.73. The van der Waals surface area contributed by atoms with Crippen LogP contribution in [0.2, 0.25) is 0 Å². The second-order valence-electron chi connectivity index (χ2n) is 5.08. The first-order chi connectivity index (χ1) is 9.44. The molecule has 0 heterocycles. The van der Waals surface area contributed by atoms with Crippen molar-refractivity contribution >= 4 is 21.6 Å². The minimum absolute atomic E-state index is 0.222. The Balaban J connectivity index is 1.91. The Labute approximate surface area is 124 Å². The van der Waals surface area contributed by atoms with E-state index in [0.29, 0.717) is 10.4 Å². The number of rotatable bonds is 4. The number of hydrogen-bond acceptors (Lipinski definition) is 2. The fourth-order valence-electron chi connectivity index (χ4n) is 2.47. The van der Waals surface area contributed by atoms with E-state index >= 15 is 0 Å². The molecular formula is C14H17BrF3NO.